The molecule has 1 fully saturated rings. The zero-order valence-electron chi connectivity index (χ0n) is 30.8. The number of fused-ring (bicyclic) bond motifs is 4. The van der Waals surface area contributed by atoms with Gasteiger partial charge in [-0.15, -0.1) is 0 Å². The smallest absolute Gasteiger partial charge is 0.456 e. The van der Waals surface area contributed by atoms with Crippen LogP contribution in [0, 0.1) is 0 Å². The standard InChI is InChI=1S/C44H36N4O10/c49-38(17-25-20-45-32-13-5-1-9-28(25)32)54-37-24-53-43(58-44(52)55-36-23-48-35-16-8-4-12-31(35)36)42(57-40(51)19-27-22-47-34-15-7-3-11-30(27)34)41(37)56-39(50)18-26-21-46-33-14-6-2-10-29(26)33/h1-16,20-23,37,41-43,45-48H,17-19,24H2/t37-,41-,42+,43+/m0/s1. The van der Waals surface area contributed by atoms with Gasteiger partial charge in [-0.05, 0) is 47.0 Å². The molecule has 58 heavy (non-hydrogen) atoms. The zero-order valence-corrected chi connectivity index (χ0v) is 30.8. The molecule has 292 valence electrons. The average Bonchev–Trinajstić information content (AvgIpc) is 4.03. The first kappa shape index (κ1) is 36.3. The Bertz CT molecular complexity index is 2610. The van der Waals surface area contributed by atoms with E-state index in [1.807, 2.05) is 84.9 Å². The lowest BCUT2D eigenvalue weighted by Crippen LogP contribution is -2.59. The molecule has 4 aromatic heterocycles. The van der Waals surface area contributed by atoms with E-state index in [4.69, 9.17) is 28.4 Å². The molecule has 0 saturated carbocycles. The van der Waals surface area contributed by atoms with Gasteiger partial charge in [0.25, 0.3) is 0 Å². The van der Waals surface area contributed by atoms with Crippen molar-refractivity contribution in [1.82, 2.24) is 19.9 Å². The highest BCUT2D eigenvalue weighted by atomic mass is 16.8. The number of esters is 3. The average molecular weight is 781 g/mol. The Hall–Kier alpha value is -7.32. The number of ether oxygens (including phenoxy) is 6. The molecule has 0 radical (unpaired) electrons. The van der Waals surface area contributed by atoms with Gasteiger partial charge in [0.05, 0.1) is 25.9 Å². The second kappa shape index (κ2) is 15.7. The summed E-state index contributed by atoms with van der Waals surface area (Å²) in [6.07, 6.45) is -1.04. The Morgan fingerprint density at radius 1 is 0.500 bits per heavy atom. The Labute approximate surface area is 329 Å². The van der Waals surface area contributed by atoms with Crippen LogP contribution in [0.1, 0.15) is 16.7 Å². The molecule has 4 atom stereocenters. The first-order valence-electron chi connectivity index (χ1n) is 18.7. The highest BCUT2D eigenvalue weighted by molar-refractivity contribution is 5.90. The number of nitrogens with one attached hydrogen (secondary N) is 4. The van der Waals surface area contributed by atoms with Crippen molar-refractivity contribution in [2.24, 2.45) is 0 Å². The van der Waals surface area contributed by atoms with E-state index < -0.39 is 48.7 Å². The van der Waals surface area contributed by atoms with Crippen molar-refractivity contribution in [2.45, 2.75) is 43.9 Å². The van der Waals surface area contributed by atoms with Crippen LogP contribution in [0.3, 0.4) is 0 Å². The predicted octanol–water partition coefficient (Wildman–Crippen LogP) is 6.95. The maximum absolute atomic E-state index is 13.9. The Morgan fingerprint density at radius 2 is 0.914 bits per heavy atom. The molecule has 1 aliphatic heterocycles. The van der Waals surface area contributed by atoms with Crippen molar-refractivity contribution in [1.29, 1.82) is 0 Å². The van der Waals surface area contributed by atoms with Crippen LogP contribution in [0.2, 0.25) is 0 Å². The topological polar surface area (TPSA) is 187 Å². The van der Waals surface area contributed by atoms with Gasteiger partial charge in [0.2, 0.25) is 12.4 Å². The number of carbonyl (C=O) groups excluding carboxylic acids is 4. The van der Waals surface area contributed by atoms with Crippen LogP contribution < -0.4 is 4.74 Å². The maximum atomic E-state index is 13.9. The molecule has 14 nitrogen and oxygen atoms in total. The number of aromatic nitrogens is 4. The van der Waals surface area contributed by atoms with Gasteiger partial charge < -0.3 is 48.4 Å². The number of benzene rings is 4. The van der Waals surface area contributed by atoms with Crippen molar-refractivity contribution in [2.75, 3.05) is 6.61 Å². The van der Waals surface area contributed by atoms with Crippen molar-refractivity contribution in [3.05, 3.63) is 139 Å². The van der Waals surface area contributed by atoms with Crippen LogP contribution >= 0.6 is 0 Å². The van der Waals surface area contributed by atoms with Gasteiger partial charge in [-0.25, -0.2) is 4.79 Å². The van der Waals surface area contributed by atoms with Gasteiger partial charge in [-0.3, -0.25) is 14.4 Å². The van der Waals surface area contributed by atoms with E-state index in [1.54, 1.807) is 30.7 Å². The SMILES string of the molecule is O=C(Cc1c[nH]c2ccccc12)O[C@@H]1[C@@H](OC(=O)Cc2c[nH]c3ccccc23)[C@@H](OC(=O)Oc2c[nH]c3ccccc23)OC[C@@H]1OC(=O)Cc1c[nH]c2ccccc12. The number of hydrogen-bond acceptors (Lipinski definition) is 10. The summed E-state index contributed by atoms with van der Waals surface area (Å²) in [4.78, 5) is 67.1. The predicted molar refractivity (Wildman–Crippen MR) is 211 cm³/mol. The lowest BCUT2D eigenvalue weighted by molar-refractivity contribution is -0.269. The van der Waals surface area contributed by atoms with E-state index in [2.05, 4.69) is 19.9 Å². The summed E-state index contributed by atoms with van der Waals surface area (Å²) in [5.41, 5.74) is 5.20. The fourth-order valence-corrected chi connectivity index (χ4v) is 7.45. The largest absolute Gasteiger partial charge is 0.516 e. The molecule has 0 spiro atoms. The maximum Gasteiger partial charge on any atom is 0.516 e. The molecule has 9 rings (SSSR count). The fourth-order valence-electron chi connectivity index (χ4n) is 7.45. The third-order valence-electron chi connectivity index (χ3n) is 10.2. The Morgan fingerprint density at radius 3 is 1.43 bits per heavy atom. The van der Waals surface area contributed by atoms with Gasteiger partial charge in [-0.2, -0.15) is 0 Å². The first-order valence-corrected chi connectivity index (χ1v) is 18.7. The van der Waals surface area contributed by atoms with Gasteiger partial charge in [0.1, 0.15) is 0 Å². The van der Waals surface area contributed by atoms with E-state index in [-0.39, 0.29) is 31.6 Å². The molecule has 14 heteroatoms. The molecule has 1 saturated heterocycles. The van der Waals surface area contributed by atoms with Gasteiger partial charge in [0, 0.05) is 68.4 Å². The van der Waals surface area contributed by atoms with Crippen molar-refractivity contribution < 1.29 is 47.6 Å². The van der Waals surface area contributed by atoms with Crippen molar-refractivity contribution >= 4 is 67.7 Å². The minimum absolute atomic E-state index is 0.127. The molecule has 4 N–H and O–H groups in total. The van der Waals surface area contributed by atoms with Crippen LogP contribution in [-0.2, 0) is 57.3 Å². The fraction of sp³-hybridized carbons (Fsp3) is 0.182. The molecule has 0 aliphatic carbocycles. The molecular weight excluding hydrogens is 745 g/mol. The lowest BCUT2D eigenvalue weighted by Gasteiger charge is -2.39. The monoisotopic (exact) mass is 780 g/mol. The summed E-state index contributed by atoms with van der Waals surface area (Å²) in [6.45, 7) is -0.383. The van der Waals surface area contributed by atoms with E-state index in [9.17, 15) is 19.2 Å². The third-order valence-corrected chi connectivity index (χ3v) is 10.2. The number of hydrogen-bond donors (Lipinski definition) is 4. The Kier molecular flexibility index (Phi) is 9.81. The Balaban J connectivity index is 1.01. The quantitative estimate of drug-likeness (QED) is 0.0791. The molecule has 8 aromatic rings. The summed E-state index contributed by atoms with van der Waals surface area (Å²) >= 11 is 0. The lowest BCUT2D eigenvalue weighted by atomic mass is 10.0. The first-order chi connectivity index (χ1) is 28.4. The molecule has 1 aliphatic rings. The number of rotatable bonds is 11. The number of aromatic amines is 4. The van der Waals surface area contributed by atoms with Gasteiger partial charge in [-0.1, -0.05) is 66.7 Å². The summed E-state index contributed by atoms with van der Waals surface area (Å²) in [5.74, 6) is -1.93. The van der Waals surface area contributed by atoms with Crippen LogP contribution in [0.15, 0.2) is 122 Å². The van der Waals surface area contributed by atoms with Crippen LogP contribution in [0.25, 0.3) is 43.6 Å². The summed E-state index contributed by atoms with van der Waals surface area (Å²) in [7, 11) is 0. The van der Waals surface area contributed by atoms with Crippen molar-refractivity contribution in [3.63, 3.8) is 0 Å². The van der Waals surface area contributed by atoms with E-state index in [0.29, 0.717) is 22.1 Å². The minimum atomic E-state index is -1.64. The zero-order chi connectivity index (χ0) is 39.6. The van der Waals surface area contributed by atoms with E-state index in [1.165, 1.54) is 6.20 Å². The van der Waals surface area contributed by atoms with Crippen LogP contribution in [-0.4, -0.2) is 75.2 Å². The summed E-state index contributed by atoms with van der Waals surface area (Å²) in [5, 5.41) is 3.08. The van der Waals surface area contributed by atoms with Gasteiger partial charge in [0.15, 0.2) is 18.0 Å². The number of H-pyrrole nitrogens is 4. The second-order valence-corrected chi connectivity index (χ2v) is 13.9. The van der Waals surface area contributed by atoms with E-state index >= 15 is 0 Å². The molecule has 0 amide bonds. The van der Waals surface area contributed by atoms with Gasteiger partial charge >= 0.3 is 24.1 Å². The van der Waals surface area contributed by atoms with E-state index in [0.717, 1.165) is 38.2 Å². The minimum Gasteiger partial charge on any atom is -0.456 e. The molecule has 0 bridgehead atoms. The second-order valence-electron chi connectivity index (χ2n) is 13.9. The molecular formula is C44H36N4O10. The number of carbonyl (C=O) groups is 4. The number of para-hydroxylation sites is 4. The summed E-state index contributed by atoms with van der Waals surface area (Å²) in [6, 6.07) is 29.6. The van der Waals surface area contributed by atoms with Crippen LogP contribution in [0.4, 0.5) is 4.79 Å². The third kappa shape index (κ3) is 7.47. The normalized spacial score (nSPS) is 18.0. The highest BCUT2D eigenvalue weighted by Gasteiger charge is 2.50. The van der Waals surface area contributed by atoms with Crippen molar-refractivity contribution in [3.8, 4) is 5.75 Å². The summed E-state index contributed by atoms with van der Waals surface area (Å²) < 4.78 is 35.3. The molecule has 0 unspecified atom stereocenters. The molecule has 5 heterocycles. The molecule has 4 aromatic carbocycles. The van der Waals surface area contributed by atoms with Crippen LogP contribution in [0.5, 0.6) is 5.75 Å². The highest BCUT2D eigenvalue weighted by Crippen LogP contribution is 2.30.